The van der Waals surface area contributed by atoms with E-state index in [9.17, 15) is 24.0 Å². The van der Waals surface area contributed by atoms with Gasteiger partial charge >= 0.3 is 5.97 Å². The number of likely N-dealkylation sites (tertiary alicyclic amines) is 1. The van der Waals surface area contributed by atoms with Crippen molar-refractivity contribution in [3.05, 3.63) is 104 Å². The fraction of sp³-hybridized carbons (Fsp3) is 0.509. The molecular weight excluding hydrogens is 1080 g/mol. The molecule has 2 aliphatic heterocycles. The molecule has 0 spiro atoms. The largest absolute Gasteiger partial charge is 0.459 e. The summed E-state index contributed by atoms with van der Waals surface area (Å²) in [5, 5.41) is 19.1. The average Bonchev–Trinajstić information content (AvgIpc) is 4.42. The molecule has 3 aromatic heterocycles. The van der Waals surface area contributed by atoms with Crippen LogP contribution < -0.4 is 21.7 Å². The van der Waals surface area contributed by atoms with Crippen molar-refractivity contribution in [2.24, 2.45) is 16.1 Å². The summed E-state index contributed by atoms with van der Waals surface area (Å²) < 4.78 is 35.3. The lowest BCUT2D eigenvalue weighted by Crippen LogP contribution is -2.58. The van der Waals surface area contributed by atoms with E-state index in [1.807, 2.05) is 66.9 Å². The van der Waals surface area contributed by atoms with Crippen LogP contribution in [0.3, 0.4) is 0 Å². The molecule has 7 rings (SSSR count). The van der Waals surface area contributed by atoms with E-state index in [4.69, 9.17) is 50.7 Å². The number of amides is 4. The Morgan fingerprint density at radius 1 is 0.810 bits per heavy atom. The minimum absolute atomic E-state index is 0.0367. The molecule has 0 bridgehead atoms. The summed E-state index contributed by atoms with van der Waals surface area (Å²) in [4.78, 5) is 81.0. The number of esters is 1. The van der Waals surface area contributed by atoms with E-state index in [2.05, 4.69) is 45.0 Å². The van der Waals surface area contributed by atoms with Gasteiger partial charge in [-0.3, -0.25) is 28.7 Å². The zero-order valence-corrected chi connectivity index (χ0v) is 48.2. The molecule has 0 aliphatic carbocycles. The highest BCUT2D eigenvalue weighted by molar-refractivity contribution is 7.15. The van der Waals surface area contributed by atoms with Gasteiger partial charge in [0.2, 0.25) is 23.6 Å². The quantitative estimate of drug-likeness (QED) is 0.0373. The molecule has 4 atom stereocenters. The molecule has 0 radical (unpaired) electrons. The van der Waals surface area contributed by atoms with Crippen molar-refractivity contribution in [1.29, 1.82) is 0 Å². The Kier molecular flexibility index (Phi) is 22.2. The van der Waals surface area contributed by atoms with Gasteiger partial charge in [-0.25, -0.2) is 9.78 Å². The Balaban J connectivity index is 0.837. The molecule has 79 heavy (non-hydrogen) atoms. The van der Waals surface area contributed by atoms with Crippen molar-refractivity contribution >= 4 is 69.6 Å². The van der Waals surface area contributed by atoms with E-state index >= 15 is 0 Å². The zero-order valence-electron chi connectivity index (χ0n) is 45.8. The zero-order chi connectivity index (χ0) is 56.6. The van der Waals surface area contributed by atoms with E-state index in [1.165, 1.54) is 4.90 Å². The Labute approximate surface area is 473 Å². The molecule has 0 unspecified atom stereocenters. The molecule has 0 saturated carbocycles. The number of fused-ring (bicyclic) bond motifs is 3. The molecule has 5 aromatic rings. The second-order valence-corrected chi connectivity index (χ2v) is 22.6. The van der Waals surface area contributed by atoms with Crippen LogP contribution in [0.15, 0.2) is 59.0 Å². The number of hydrogen-bond acceptors (Lipinski definition) is 18. The van der Waals surface area contributed by atoms with Crippen molar-refractivity contribution in [1.82, 2.24) is 40.6 Å². The first-order chi connectivity index (χ1) is 37.9. The predicted octanol–water partition coefficient (Wildman–Crippen LogP) is 5.14. The summed E-state index contributed by atoms with van der Waals surface area (Å²) in [5.74, 6) is -1.07. The maximum absolute atomic E-state index is 14.5. The highest BCUT2D eigenvalue weighted by Crippen LogP contribution is 2.40. The number of hydrogen-bond donors (Lipinski definition) is 4. The van der Waals surface area contributed by atoms with Crippen LogP contribution in [0.2, 0.25) is 5.02 Å². The van der Waals surface area contributed by atoms with Crippen LogP contribution >= 0.6 is 34.3 Å². The number of nitrogens with one attached hydrogen (secondary N) is 3. The number of ether oxygens (including phenoxy) is 6. The number of thiazole rings is 1. The Bertz CT molecular complexity index is 2900. The van der Waals surface area contributed by atoms with Gasteiger partial charge in [-0.05, 0) is 61.9 Å². The minimum Gasteiger partial charge on any atom is -0.459 e. The lowest BCUT2D eigenvalue weighted by atomic mass is 9.85. The number of nitrogens with two attached hydrogens (primary N) is 1. The lowest BCUT2D eigenvalue weighted by molar-refractivity contribution is -0.155. The summed E-state index contributed by atoms with van der Waals surface area (Å²) in [6.07, 6.45) is -0.732. The van der Waals surface area contributed by atoms with Gasteiger partial charge in [-0.1, -0.05) is 68.8 Å². The highest BCUT2D eigenvalue weighted by atomic mass is 35.5. The van der Waals surface area contributed by atoms with Crippen LogP contribution in [0.4, 0.5) is 0 Å². The third-order valence-corrected chi connectivity index (χ3v) is 15.6. The van der Waals surface area contributed by atoms with Gasteiger partial charge in [0.25, 0.3) is 0 Å². The van der Waals surface area contributed by atoms with Crippen LogP contribution in [0.5, 0.6) is 0 Å². The number of halogens is 1. The summed E-state index contributed by atoms with van der Waals surface area (Å²) >= 11 is 9.44. The first-order valence-electron chi connectivity index (χ1n) is 26.2. The normalized spacial score (nSPS) is 16.4. The van der Waals surface area contributed by atoms with Crippen molar-refractivity contribution in [2.75, 3.05) is 85.7 Å². The van der Waals surface area contributed by atoms with E-state index in [1.54, 1.807) is 49.0 Å². The number of thiophene rings is 1. The Morgan fingerprint density at radius 2 is 1.47 bits per heavy atom. The van der Waals surface area contributed by atoms with Crippen molar-refractivity contribution in [3.8, 4) is 15.4 Å². The summed E-state index contributed by atoms with van der Waals surface area (Å²) in [6, 6.07) is 12.6. The number of aryl methyl sites for hydroxylation is 3. The van der Waals surface area contributed by atoms with Crippen LogP contribution in [0.25, 0.3) is 15.4 Å². The first kappa shape index (κ1) is 60.6. The predicted molar refractivity (Wildman–Crippen MR) is 300 cm³/mol. The average molecular weight is 1150 g/mol. The van der Waals surface area contributed by atoms with Crippen molar-refractivity contribution in [2.45, 2.75) is 92.1 Å². The maximum atomic E-state index is 14.5. The van der Waals surface area contributed by atoms with Gasteiger partial charge in [-0.2, -0.15) is 0 Å². The maximum Gasteiger partial charge on any atom is 0.332 e. The molecule has 1 saturated heterocycles. The molecule has 24 heteroatoms. The van der Waals surface area contributed by atoms with Gasteiger partial charge in [0.1, 0.15) is 48.3 Å². The fourth-order valence-electron chi connectivity index (χ4n) is 8.98. The monoisotopic (exact) mass is 1150 g/mol. The molecule has 426 valence electrons. The van der Waals surface area contributed by atoms with E-state index in [0.717, 1.165) is 54.0 Å². The smallest absolute Gasteiger partial charge is 0.332 e. The fourth-order valence-corrected chi connectivity index (χ4v) is 11.1. The Morgan fingerprint density at radius 3 is 2.14 bits per heavy atom. The van der Waals surface area contributed by atoms with Crippen molar-refractivity contribution < 1.29 is 52.4 Å². The van der Waals surface area contributed by atoms with Crippen LogP contribution in [-0.4, -0.2) is 164 Å². The number of benzene rings is 2. The standard InChI is InChI=1S/C55H71ClN10O11S2/c1-33-35(3)79-54-47(33)48(38-12-14-40(56)15-13-38)61-42(51-64-63-36(4)66(51)54)27-44(67)58-17-19-73-20-21-74-23-24-75-30-45(68)62-50(55(5,6)7)53(71)65-29-41(77-46(69)31-76-25-22-72-18-16-57)26-43(65)52(70)59-28-37-8-10-39(11-9-37)49-34(2)60-32-78-49/h8-15,32,41-43,50H,16-31,57H2,1-7H3,(H,58,67)(H,59,70)(H,62,68)/t41-,42+,43+,50-/m1/s1. The molecule has 4 amide bonds. The molecule has 2 aliphatic rings. The SMILES string of the molecule is Cc1ncsc1-c1ccc(CNC(=O)[C@@H]2C[C@@H](OC(=O)COCCOCCN)CN2C(=O)[C@@H](NC(=O)COCCOCCOCCNC(=O)C[C@@H]2N=C(c3ccc(Cl)cc3)c3c(sc(C)c3C)-n3c(C)nnc32)C(C)(C)C)cc1. The number of carbonyl (C=O) groups is 5. The second-order valence-electron chi connectivity index (χ2n) is 20.1. The third-order valence-electron chi connectivity index (χ3n) is 13.1. The van der Waals surface area contributed by atoms with Gasteiger partial charge < -0.3 is 55.0 Å². The first-order valence-corrected chi connectivity index (χ1v) is 28.3. The van der Waals surface area contributed by atoms with E-state index in [-0.39, 0.29) is 97.8 Å². The van der Waals surface area contributed by atoms with Gasteiger partial charge in [-0.15, -0.1) is 32.9 Å². The molecule has 5 heterocycles. The minimum atomic E-state index is -1.07. The number of nitrogens with zero attached hydrogens (tertiary/aromatic N) is 6. The molecule has 2 aromatic carbocycles. The number of carbonyl (C=O) groups excluding carboxylic acids is 5. The van der Waals surface area contributed by atoms with Gasteiger partial charge in [0.05, 0.1) is 87.6 Å². The lowest BCUT2D eigenvalue weighted by Gasteiger charge is -2.35. The molecule has 1 fully saturated rings. The number of aliphatic imine (C=N–C) groups is 1. The Hall–Kier alpha value is -6.02. The summed E-state index contributed by atoms with van der Waals surface area (Å²) in [7, 11) is 0. The van der Waals surface area contributed by atoms with Crippen LogP contribution in [0.1, 0.15) is 84.1 Å². The molecule has 5 N–H and O–H groups in total. The van der Waals surface area contributed by atoms with E-state index in [0.29, 0.717) is 29.8 Å². The van der Waals surface area contributed by atoms with Gasteiger partial charge in [0.15, 0.2) is 5.82 Å². The molecular formula is C55H71ClN10O11S2. The number of rotatable bonds is 28. The number of aromatic nitrogens is 4. The van der Waals surface area contributed by atoms with Crippen LogP contribution in [-0.2, 0) is 58.9 Å². The van der Waals surface area contributed by atoms with Gasteiger partial charge in [0, 0.05) is 47.1 Å². The van der Waals surface area contributed by atoms with E-state index < -0.39 is 53.3 Å². The summed E-state index contributed by atoms with van der Waals surface area (Å²) in [5.41, 5.74) is 13.0. The molecule has 21 nitrogen and oxygen atoms in total. The summed E-state index contributed by atoms with van der Waals surface area (Å²) in [6.45, 7) is 15.2. The van der Waals surface area contributed by atoms with Crippen molar-refractivity contribution in [3.63, 3.8) is 0 Å². The highest BCUT2D eigenvalue weighted by Gasteiger charge is 2.46. The topological polar surface area (TPSA) is 262 Å². The third kappa shape index (κ3) is 16.5. The van der Waals surface area contributed by atoms with Crippen LogP contribution in [0, 0.1) is 33.1 Å². The second kappa shape index (κ2) is 28.9.